The van der Waals surface area contributed by atoms with Crippen LogP contribution in [-0.2, 0) is 14.3 Å². The van der Waals surface area contributed by atoms with Crippen molar-refractivity contribution in [3.63, 3.8) is 0 Å². The molecule has 1 saturated heterocycles. The van der Waals surface area contributed by atoms with Gasteiger partial charge in [-0.3, -0.25) is 9.59 Å². The molecule has 0 bridgehead atoms. The van der Waals surface area contributed by atoms with E-state index in [1.54, 1.807) is 4.90 Å². The summed E-state index contributed by atoms with van der Waals surface area (Å²) in [5.74, 6) is -0.154. The molecule has 0 spiro atoms. The molecule has 0 aliphatic carbocycles. The number of likely N-dealkylation sites (tertiary alicyclic amines) is 1. The van der Waals surface area contributed by atoms with Crippen LogP contribution in [0.3, 0.4) is 0 Å². The predicted octanol–water partition coefficient (Wildman–Crippen LogP) is -1.30. The number of hydrogen-bond acceptors (Lipinski definition) is 5. The average Bonchev–Trinajstić information content (AvgIpc) is 2.48. The standard InChI is InChI=1S/C13H25N3O4/c1-20-11(9-14)13(19)16-6-3-10(4-7-16)12(18)15-5-2-8-17/h10-11,17H,2-9,14H2,1H3,(H,15,18). The van der Waals surface area contributed by atoms with Crippen LogP contribution in [0.2, 0.25) is 0 Å². The minimum Gasteiger partial charge on any atom is -0.396 e. The van der Waals surface area contributed by atoms with Crippen LogP contribution in [-0.4, -0.2) is 67.8 Å². The van der Waals surface area contributed by atoms with Crippen molar-refractivity contribution in [3.05, 3.63) is 0 Å². The molecule has 1 unspecified atom stereocenters. The third kappa shape index (κ3) is 4.73. The van der Waals surface area contributed by atoms with Crippen molar-refractivity contribution in [1.82, 2.24) is 10.2 Å². The molecule has 0 aromatic rings. The summed E-state index contributed by atoms with van der Waals surface area (Å²) in [6, 6.07) is 0. The number of nitrogens with one attached hydrogen (secondary N) is 1. The number of methoxy groups -OCH3 is 1. The maximum Gasteiger partial charge on any atom is 0.253 e. The molecule has 4 N–H and O–H groups in total. The van der Waals surface area contributed by atoms with Crippen LogP contribution >= 0.6 is 0 Å². The monoisotopic (exact) mass is 287 g/mol. The molecular formula is C13H25N3O4. The van der Waals surface area contributed by atoms with E-state index >= 15 is 0 Å². The van der Waals surface area contributed by atoms with Crippen molar-refractivity contribution in [2.24, 2.45) is 11.7 Å². The summed E-state index contributed by atoms with van der Waals surface area (Å²) in [4.78, 5) is 25.6. The van der Waals surface area contributed by atoms with Gasteiger partial charge in [0, 0.05) is 45.8 Å². The molecule has 1 aliphatic rings. The highest BCUT2D eigenvalue weighted by Crippen LogP contribution is 2.18. The largest absolute Gasteiger partial charge is 0.396 e. The first-order valence-corrected chi connectivity index (χ1v) is 7.04. The summed E-state index contributed by atoms with van der Waals surface area (Å²) in [5, 5.41) is 11.5. The maximum absolute atomic E-state index is 12.0. The molecule has 116 valence electrons. The summed E-state index contributed by atoms with van der Waals surface area (Å²) in [7, 11) is 1.47. The van der Waals surface area contributed by atoms with E-state index in [0.717, 1.165) is 0 Å². The van der Waals surface area contributed by atoms with Crippen LogP contribution in [0.25, 0.3) is 0 Å². The Morgan fingerprint density at radius 1 is 1.45 bits per heavy atom. The van der Waals surface area contributed by atoms with Crippen molar-refractivity contribution in [2.45, 2.75) is 25.4 Å². The SMILES string of the molecule is COC(CN)C(=O)N1CCC(C(=O)NCCCO)CC1. The van der Waals surface area contributed by atoms with Gasteiger partial charge in [0.25, 0.3) is 5.91 Å². The Bertz CT molecular complexity index is 313. The Kier molecular flexibility index (Phi) is 7.50. The number of hydrogen-bond donors (Lipinski definition) is 3. The van der Waals surface area contributed by atoms with Crippen LogP contribution < -0.4 is 11.1 Å². The van der Waals surface area contributed by atoms with Gasteiger partial charge in [0.2, 0.25) is 5.91 Å². The molecule has 0 saturated carbocycles. The highest BCUT2D eigenvalue weighted by Gasteiger charge is 2.30. The lowest BCUT2D eigenvalue weighted by molar-refractivity contribution is -0.144. The van der Waals surface area contributed by atoms with E-state index in [2.05, 4.69) is 5.32 Å². The van der Waals surface area contributed by atoms with Gasteiger partial charge in [0.05, 0.1) is 0 Å². The molecule has 0 aromatic heterocycles. The van der Waals surface area contributed by atoms with Gasteiger partial charge in [-0.25, -0.2) is 0 Å². The van der Waals surface area contributed by atoms with E-state index < -0.39 is 6.10 Å². The zero-order valence-corrected chi connectivity index (χ0v) is 12.0. The van der Waals surface area contributed by atoms with E-state index in [9.17, 15) is 9.59 Å². The molecule has 20 heavy (non-hydrogen) atoms. The summed E-state index contributed by atoms with van der Waals surface area (Å²) >= 11 is 0. The lowest BCUT2D eigenvalue weighted by Gasteiger charge is -2.33. The molecule has 0 radical (unpaired) electrons. The minimum atomic E-state index is -0.593. The third-order valence-corrected chi connectivity index (χ3v) is 3.59. The number of aliphatic hydroxyl groups excluding tert-OH is 1. The first-order chi connectivity index (χ1) is 9.63. The van der Waals surface area contributed by atoms with Gasteiger partial charge in [-0.2, -0.15) is 0 Å². The second kappa shape index (κ2) is 8.89. The molecule has 1 heterocycles. The zero-order valence-electron chi connectivity index (χ0n) is 12.0. The fourth-order valence-electron chi connectivity index (χ4n) is 2.30. The highest BCUT2D eigenvalue weighted by atomic mass is 16.5. The van der Waals surface area contributed by atoms with Crippen LogP contribution in [0.15, 0.2) is 0 Å². The molecule has 2 amide bonds. The van der Waals surface area contributed by atoms with Gasteiger partial charge in [-0.05, 0) is 19.3 Å². The van der Waals surface area contributed by atoms with Crippen LogP contribution in [0.4, 0.5) is 0 Å². The van der Waals surface area contributed by atoms with Gasteiger partial charge in [-0.1, -0.05) is 0 Å². The number of piperidine rings is 1. The Morgan fingerprint density at radius 3 is 2.60 bits per heavy atom. The van der Waals surface area contributed by atoms with Gasteiger partial charge in [-0.15, -0.1) is 0 Å². The Labute approximate surface area is 119 Å². The fraction of sp³-hybridized carbons (Fsp3) is 0.846. The third-order valence-electron chi connectivity index (χ3n) is 3.59. The second-order valence-electron chi connectivity index (χ2n) is 4.93. The number of nitrogens with zero attached hydrogens (tertiary/aromatic N) is 1. The Hall–Kier alpha value is -1.18. The van der Waals surface area contributed by atoms with E-state index in [4.69, 9.17) is 15.6 Å². The van der Waals surface area contributed by atoms with Gasteiger partial charge in [0.1, 0.15) is 6.10 Å². The first-order valence-electron chi connectivity index (χ1n) is 7.04. The number of carbonyl (C=O) groups is 2. The van der Waals surface area contributed by atoms with Crippen molar-refractivity contribution < 1.29 is 19.4 Å². The summed E-state index contributed by atoms with van der Waals surface area (Å²) in [6.45, 7) is 1.84. The molecule has 1 aliphatic heterocycles. The van der Waals surface area contributed by atoms with E-state index in [0.29, 0.717) is 38.9 Å². The molecule has 7 heteroatoms. The molecule has 1 fully saturated rings. The highest BCUT2D eigenvalue weighted by molar-refractivity contribution is 5.82. The number of carbonyl (C=O) groups excluding carboxylic acids is 2. The van der Waals surface area contributed by atoms with E-state index in [1.165, 1.54) is 7.11 Å². The zero-order chi connectivity index (χ0) is 15.0. The van der Waals surface area contributed by atoms with Crippen molar-refractivity contribution in [1.29, 1.82) is 0 Å². The van der Waals surface area contributed by atoms with Gasteiger partial charge in [0.15, 0.2) is 0 Å². The van der Waals surface area contributed by atoms with Crippen molar-refractivity contribution >= 4 is 11.8 Å². The quantitative estimate of drug-likeness (QED) is 0.505. The van der Waals surface area contributed by atoms with Crippen molar-refractivity contribution in [2.75, 3.05) is 39.9 Å². The lowest BCUT2D eigenvalue weighted by atomic mass is 9.95. The van der Waals surface area contributed by atoms with Crippen LogP contribution in [0, 0.1) is 5.92 Å². The van der Waals surface area contributed by atoms with E-state index in [-0.39, 0.29) is 30.9 Å². The fourth-order valence-corrected chi connectivity index (χ4v) is 2.30. The number of rotatable bonds is 7. The van der Waals surface area contributed by atoms with E-state index in [1.807, 2.05) is 0 Å². The number of aliphatic hydroxyl groups is 1. The molecule has 1 atom stereocenters. The topological polar surface area (TPSA) is 105 Å². The average molecular weight is 287 g/mol. The Morgan fingerprint density at radius 2 is 2.10 bits per heavy atom. The maximum atomic E-state index is 12.0. The van der Waals surface area contributed by atoms with Crippen LogP contribution in [0.5, 0.6) is 0 Å². The summed E-state index contributed by atoms with van der Waals surface area (Å²) < 4.78 is 5.04. The lowest BCUT2D eigenvalue weighted by Crippen LogP contribution is -2.48. The summed E-state index contributed by atoms with van der Waals surface area (Å²) in [6.07, 6.45) is 1.27. The summed E-state index contributed by atoms with van der Waals surface area (Å²) in [5.41, 5.74) is 5.48. The number of amides is 2. The Balaban J connectivity index is 2.35. The first kappa shape index (κ1) is 16.9. The second-order valence-corrected chi connectivity index (χ2v) is 4.93. The normalized spacial score (nSPS) is 17.9. The molecule has 7 nitrogen and oxygen atoms in total. The van der Waals surface area contributed by atoms with Gasteiger partial charge >= 0.3 is 0 Å². The molecule has 0 aromatic carbocycles. The van der Waals surface area contributed by atoms with Crippen molar-refractivity contribution in [3.8, 4) is 0 Å². The predicted molar refractivity (Wildman–Crippen MR) is 73.9 cm³/mol. The number of nitrogens with two attached hydrogens (primary N) is 1. The molecular weight excluding hydrogens is 262 g/mol. The smallest absolute Gasteiger partial charge is 0.253 e. The minimum absolute atomic E-state index is 0.00710. The van der Waals surface area contributed by atoms with Crippen LogP contribution in [0.1, 0.15) is 19.3 Å². The molecule has 1 rings (SSSR count). The number of ether oxygens (including phenoxy) is 1. The van der Waals surface area contributed by atoms with Gasteiger partial charge < -0.3 is 25.8 Å².